The number of nitrogens with one attached hydrogen (secondary N) is 4. The summed E-state index contributed by atoms with van der Waals surface area (Å²) in [5, 5.41) is 24.9. The molecule has 0 bridgehead atoms. The van der Waals surface area contributed by atoms with Crippen LogP contribution in [0, 0.1) is 18.8 Å². The van der Waals surface area contributed by atoms with Crippen LogP contribution in [-0.2, 0) is 18.4 Å². The smallest absolute Gasteiger partial charge is 0.124 e. The van der Waals surface area contributed by atoms with Crippen molar-refractivity contribution in [1.29, 1.82) is 0 Å². The first-order valence-electron chi connectivity index (χ1n) is 18.3. The highest BCUT2D eigenvalue weighted by atomic mass is 16.3. The van der Waals surface area contributed by atoms with Gasteiger partial charge in [-0.05, 0) is 127 Å². The van der Waals surface area contributed by atoms with E-state index < -0.39 is 0 Å². The molecule has 0 aromatic heterocycles. The van der Waals surface area contributed by atoms with Crippen molar-refractivity contribution in [2.75, 3.05) is 21.3 Å². The van der Waals surface area contributed by atoms with Gasteiger partial charge in [0.05, 0.1) is 0 Å². The van der Waals surface area contributed by atoms with E-state index in [1.54, 1.807) is 0 Å². The van der Waals surface area contributed by atoms with E-state index in [1.807, 2.05) is 0 Å². The first-order chi connectivity index (χ1) is 24.0. The van der Waals surface area contributed by atoms with Crippen molar-refractivity contribution in [3.63, 3.8) is 0 Å². The molecule has 5 heteroatoms. The van der Waals surface area contributed by atoms with Crippen molar-refractivity contribution in [1.82, 2.24) is 0 Å². The number of benzene rings is 5. The molecule has 0 fully saturated rings. The lowest BCUT2D eigenvalue weighted by molar-refractivity contribution is 0.321. The van der Waals surface area contributed by atoms with Crippen molar-refractivity contribution < 1.29 is 5.11 Å². The Morgan fingerprint density at radius 3 is 1.44 bits per heavy atom. The molecule has 2 unspecified atom stereocenters. The molecular formula is C45H56N4O. The van der Waals surface area contributed by atoms with E-state index in [0.717, 1.165) is 68.8 Å². The Balaban J connectivity index is 1.09. The van der Waals surface area contributed by atoms with Crippen molar-refractivity contribution in [2.24, 2.45) is 11.8 Å². The Morgan fingerprint density at radius 2 is 1.04 bits per heavy atom. The topological polar surface area (TPSA) is 68.3 Å². The van der Waals surface area contributed by atoms with Gasteiger partial charge >= 0.3 is 0 Å². The molecule has 0 saturated heterocycles. The van der Waals surface area contributed by atoms with Crippen LogP contribution in [0.2, 0.25) is 0 Å². The maximum Gasteiger partial charge on any atom is 0.124 e. The van der Waals surface area contributed by atoms with Gasteiger partial charge in [0.15, 0.2) is 0 Å². The lowest BCUT2D eigenvalue weighted by Crippen LogP contribution is -2.13. The Bertz CT molecular complexity index is 1790. The van der Waals surface area contributed by atoms with Crippen LogP contribution < -0.4 is 21.3 Å². The summed E-state index contributed by atoms with van der Waals surface area (Å²) < 4.78 is 0. The number of aryl methyl sites for hydroxylation is 1. The maximum atomic E-state index is 10.9. The van der Waals surface area contributed by atoms with Crippen molar-refractivity contribution in [3.8, 4) is 5.75 Å². The van der Waals surface area contributed by atoms with Crippen LogP contribution in [0.15, 0.2) is 109 Å². The molecule has 5 rings (SSSR count). The van der Waals surface area contributed by atoms with E-state index in [0.29, 0.717) is 18.2 Å². The fourth-order valence-electron chi connectivity index (χ4n) is 6.73. The second-order valence-corrected chi connectivity index (χ2v) is 14.9. The van der Waals surface area contributed by atoms with E-state index in [4.69, 9.17) is 0 Å². The van der Waals surface area contributed by atoms with Crippen LogP contribution in [0.1, 0.15) is 83.1 Å². The molecule has 5 N–H and O–H groups in total. The van der Waals surface area contributed by atoms with E-state index in [-0.39, 0.29) is 5.41 Å². The van der Waals surface area contributed by atoms with Gasteiger partial charge < -0.3 is 26.4 Å². The second kappa shape index (κ2) is 16.7. The summed E-state index contributed by atoms with van der Waals surface area (Å²) in [6, 6.07) is 38.0. The van der Waals surface area contributed by atoms with Gasteiger partial charge in [0.2, 0.25) is 0 Å². The normalized spacial score (nSPS) is 12.6. The van der Waals surface area contributed by atoms with Crippen LogP contribution in [0.5, 0.6) is 5.75 Å². The minimum absolute atomic E-state index is 0.116. The first-order valence-corrected chi connectivity index (χ1v) is 18.3. The highest BCUT2D eigenvalue weighted by molar-refractivity contribution is 5.69. The van der Waals surface area contributed by atoms with Crippen LogP contribution in [-0.4, -0.2) is 5.11 Å². The number of phenolic OH excluding ortho intramolecular Hbond substituents is 1. The lowest BCUT2D eigenvalue weighted by Gasteiger charge is -2.23. The molecule has 0 amide bonds. The molecule has 0 heterocycles. The lowest BCUT2D eigenvalue weighted by atomic mass is 9.84. The Labute approximate surface area is 300 Å². The molecule has 0 aliphatic heterocycles. The number of hydrogen-bond acceptors (Lipinski definition) is 5. The van der Waals surface area contributed by atoms with E-state index in [9.17, 15) is 5.11 Å². The summed E-state index contributed by atoms with van der Waals surface area (Å²) in [5.74, 6) is 1.90. The summed E-state index contributed by atoms with van der Waals surface area (Å²) in [6.07, 6.45) is 4.99. The average Bonchev–Trinajstić information content (AvgIpc) is 3.10. The third kappa shape index (κ3) is 10.1. The van der Waals surface area contributed by atoms with Crippen molar-refractivity contribution >= 4 is 39.8 Å². The third-order valence-corrected chi connectivity index (χ3v) is 9.65. The highest BCUT2D eigenvalue weighted by Crippen LogP contribution is 2.35. The molecule has 5 nitrogen and oxygen atoms in total. The van der Waals surface area contributed by atoms with Crippen LogP contribution in [0.3, 0.4) is 0 Å². The van der Waals surface area contributed by atoms with Crippen LogP contribution in [0.25, 0.3) is 0 Å². The zero-order valence-corrected chi connectivity index (χ0v) is 31.0. The molecule has 0 radical (unpaired) electrons. The van der Waals surface area contributed by atoms with Gasteiger partial charge in [0.1, 0.15) is 5.75 Å². The quantitative estimate of drug-likeness (QED) is 0.0768. The summed E-state index contributed by atoms with van der Waals surface area (Å²) in [5.41, 5.74) is 11.6. The fourth-order valence-corrected chi connectivity index (χ4v) is 6.73. The minimum Gasteiger partial charge on any atom is -0.507 e. The number of aromatic hydroxyl groups is 1. The standard InChI is InChI=1S/C45H56N4O/c1-8-10-34(9-2)32(4)29-33-11-13-37(14-12-33)47-39-19-21-41(22-20-39)49-42-25-23-40(24-26-42)48-38-17-15-36(16-18-38)46-30-35-27-31(3)28-43(44(35)50)45(5,6)7/h11-28,32,34,46-50H,8-10,29-30H2,1-7H3. The summed E-state index contributed by atoms with van der Waals surface area (Å²) in [6.45, 7) is 16.0. The molecule has 0 saturated carbocycles. The molecule has 0 aliphatic carbocycles. The van der Waals surface area contributed by atoms with Gasteiger partial charge in [0.25, 0.3) is 0 Å². The Kier molecular flexibility index (Phi) is 12.1. The highest BCUT2D eigenvalue weighted by Gasteiger charge is 2.20. The van der Waals surface area contributed by atoms with Gasteiger partial charge in [-0.1, -0.05) is 90.6 Å². The molecule has 0 spiro atoms. The van der Waals surface area contributed by atoms with Crippen molar-refractivity contribution in [3.05, 3.63) is 131 Å². The first kappa shape index (κ1) is 36.4. The minimum atomic E-state index is -0.116. The molecule has 262 valence electrons. The Morgan fingerprint density at radius 1 is 0.620 bits per heavy atom. The van der Waals surface area contributed by atoms with Gasteiger partial charge in [-0.3, -0.25) is 0 Å². The van der Waals surface area contributed by atoms with Gasteiger partial charge in [-0.15, -0.1) is 0 Å². The molecule has 0 aliphatic rings. The number of rotatable bonds is 15. The van der Waals surface area contributed by atoms with Gasteiger partial charge in [0, 0.05) is 51.9 Å². The van der Waals surface area contributed by atoms with E-state index >= 15 is 0 Å². The zero-order chi connectivity index (χ0) is 35.7. The predicted octanol–water partition coefficient (Wildman–Crippen LogP) is 12.8. The van der Waals surface area contributed by atoms with E-state index in [1.165, 1.54) is 24.8 Å². The predicted molar refractivity (Wildman–Crippen MR) is 216 cm³/mol. The number of anilines is 7. The number of hydrogen-bond donors (Lipinski definition) is 5. The average molecular weight is 669 g/mol. The van der Waals surface area contributed by atoms with Crippen LogP contribution >= 0.6 is 0 Å². The Hall–Kier alpha value is -4.90. The van der Waals surface area contributed by atoms with Gasteiger partial charge in [-0.25, -0.2) is 0 Å². The zero-order valence-electron chi connectivity index (χ0n) is 31.0. The summed E-state index contributed by atoms with van der Waals surface area (Å²) >= 11 is 0. The summed E-state index contributed by atoms with van der Waals surface area (Å²) in [4.78, 5) is 0. The number of phenols is 1. The van der Waals surface area contributed by atoms with E-state index in [2.05, 4.69) is 179 Å². The maximum absolute atomic E-state index is 10.9. The molecule has 5 aromatic rings. The van der Waals surface area contributed by atoms with Gasteiger partial charge in [-0.2, -0.15) is 0 Å². The third-order valence-electron chi connectivity index (χ3n) is 9.65. The SMILES string of the molecule is CCCC(CC)C(C)Cc1ccc(Nc2ccc(Nc3ccc(Nc4ccc(NCc5cc(C)cc(C(C)(C)C)c5O)cc4)cc3)cc2)cc1. The molecule has 5 aromatic carbocycles. The molecule has 50 heavy (non-hydrogen) atoms. The largest absolute Gasteiger partial charge is 0.507 e. The van der Waals surface area contributed by atoms with Crippen molar-refractivity contribution in [2.45, 2.75) is 86.1 Å². The second-order valence-electron chi connectivity index (χ2n) is 14.9. The van der Waals surface area contributed by atoms with Crippen LogP contribution in [0.4, 0.5) is 39.8 Å². The molecule has 2 atom stereocenters. The monoisotopic (exact) mass is 668 g/mol. The fraction of sp³-hybridized carbons (Fsp3) is 0.333. The molecular weight excluding hydrogens is 613 g/mol. The summed E-state index contributed by atoms with van der Waals surface area (Å²) in [7, 11) is 0.